The molecule has 1 aromatic carbocycles. The largest absolute Gasteiger partial charge is 0.374 e. The minimum Gasteiger partial charge on any atom is -0.374 e. The van der Waals surface area contributed by atoms with Crippen LogP contribution in [0.25, 0.3) is 0 Å². The first-order chi connectivity index (χ1) is 12.8. The van der Waals surface area contributed by atoms with Crippen LogP contribution in [0.2, 0.25) is 0 Å². The Morgan fingerprint density at radius 2 is 2.07 bits per heavy atom. The van der Waals surface area contributed by atoms with Gasteiger partial charge in [-0.15, -0.1) is 6.58 Å². The van der Waals surface area contributed by atoms with E-state index in [4.69, 9.17) is 4.74 Å². The lowest BCUT2D eigenvalue weighted by molar-refractivity contribution is -0.0295. The Labute approximate surface area is 161 Å². The molecule has 7 nitrogen and oxygen atoms in total. The molecule has 1 amide bonds. The average molecular weight is 396 g/mol. The number of amides is 1. The molecule has 1 aromatic rings. The minimum absolute atomic E-state index is 0.0378. The summed E-state index contributed by atoms with van der Waals surface area (Å²) in [7, 11) is -3.59. The number of sulfonamides is 1. The highest BCUT2D eigenvalue weighted by atomic mass is 32.2. The molecule has 27 heavy (non-hydrogen) atoms. The van der Waals surface area contributed by atoms with Gasteiger partial charge in [0.1, 0.15) is 0 Å². The second-order valence-electron chi connectivity index (χ2n) is 7.02. The summed E-state index contributed by atoms with van der Waals surface area (Å²) in [6.45, 7) is 11.8. The zero-order chi connectivity index (χ0) is 19.9. The van der Waals surface area contributed by atoms with Crippen molar-refractivity contribution in [2.75, 3.05) is 39.3 Å². The molecule has 2 N–H and O–H groups in total. The average Bonchev–Trinajstić information content (AvgIpc) is 2.64. The number of morpholine rings is 1. The Morgan fingerprint density at radius 1 is 1.37 bits per heavy atom. The molecule has 0 spiro atoms. The van der Waals surface area contributed by atoms with Crippen LogP contribution in [0.4, 0.5) is 0 Å². The van der Waals surface area contributed by atoms with E-state index < -0.39 is 10.0 Å². The molecule has 150 valence electrons. The number of hydrogen-bond donors (Lipinski definition) is 2. The predicted molar refractivity (Wildman–Crippen MR) is 105 cm³/mol. The lowest BCUT2D eigenvalue weighted by Gasteiger charge is -2.33. The van der Waals surface area contributed by atoms with Crippen LogP contribution in [0.3, 0.4) is 0 Å². The van der Waals surface area contributed by atoms with Crippen molar-refractivity contribution in [3.8, 4) is 0 Å². The van der Waals surface area contributed by atoms with Gasteiger partial charge in [0.25, 0.3) is 5.91 Å². The molecule has 0 bridgehead atoms. The number of rotatable bonds is 9. The van der Waals surface area contributed by atoms with E-state index in [9.17, 15) is 13.2 Å². The molecule has 1 heterocycles. The molecular weight excluding hydrogens is 366 g/mol. The maximum Gasteiger partial charge on any atom is 0.251 e. The summed E-state index contributed by atoms with van der Waals surface area (Å²) >= 11 is 0. The summed E-state index contributed by atoms with van der Waals surface area (Å²) in [6, 6.07) is 5.85. The Morgan fingerprint density at radius 3 is 2.70 bits per heavy atom. The maximum absolute atomic E-state index is 12.3. The summed E-state index contributed by atoms with van der Waals surface area (Å²) in [5.74, 6) is 0.344. The molecule has 0 aliphatic carbocycles. The van der Waals surface area contributed by atoms with Crippen molar-refractivity contribution < 1.29 is 17.9 Å². The second kappa shape index (κ2) is 9.98. The first-order valence-electron chi connectivity index (χ1n) is 9.14. The normalized spacial score (nSPS) is 18.4. The van der Waals surface area contributed by atoms with Crippen LogP contribution < -0.4 is 10.0 Å². The van der Waals surface area contributed by atoms with E-state index >= 15 is 0 Å². The second-order valence-corrected chi connectivity index (χ2v) is 8.79. The van der Waals surface area contributed by atoms with Crippen LogP contribution in [-0.4, -0.2) is 64.7 Å². The van der Waals surface area contributed by atoms with Gasteiger partial charge in [0.2, 0.25) is 10.0 Å². The summed E-state index contributed by atoms with van der Waals surface area (Å²) in [4.78, 5) is 14.8. The smallest absolute Gasteiger partial charge is 0.251 e. The third-order valence-electron chi connectivity index (χ3n) is 4.18. The lowest BCUT2D eigenvalue weighted by atomic mass is 10.1. The number of benzene rings is 1. The maximum atomic E-state index is 12.3. The van der Waals surface area contributed by atoms with Crippen LogP contribution in [0, 0.1) is 5.92 Å². The van der Waals surface area contributed by atoms with Gasteiger partial charge in [0.15, 0.2) is 0 Å². The van der Waals surface area contributed by atoms with E-state index in [1.165, 1.54) is 30.3 Å². The first-order valence-corrected chi connectivity index (χ1v) is 10.6. The van der Waals surface area contributed by atoms with Gasteiger partial charge in [-0.25, -0.2) is 13.1 Å². The van der Waals surface area contributed by atoms with Gasteiger partial charge in [-0.3, -0.25) is 9.69 Å². The van der Waals surface area contributed by atoms with E-state index in [1.807, 2.05) is 0 Å². The van der Waals surface area contributed by atoms with Crippen LogP contribution in [-0.2, 0) is 14.8 Å². The standard InChI is InChI=1S/C19H29N3O4S/c1-4-9-21-27(24,25)18-7-5-16(6-8-18)19(23)20-12-17-14-22(10-11-26-17)13-15(2)3/h4-8,15,17,21H,1,9-14H2,2-3H3,(H,20,23)/t17-/m1/s1. The van der Waals surface area contributed by atoms with Crippen molar-refractivity contribution in [3.05, 3.63) is 42.5 Å². The molecule has 0 aromatic heterocycles. The van der Waals surface area contributed by atoms with Crippen molar-refractivity contribution in [2.24, 2.45) is 5.92 Å². The number of nitrogens with one attached hydrogen (secondary N) is 2. The minimum atomic E-state index is -3.59. The van der Waals surface area contributed by atoms with E-state index in [0.29, 0.717) is 24.6 Å². The van der Waals surface area contributed by atoms with Gasteiger partial charge in [-0.1, -0.05) is 19.9 Å². The summed E-state index contributed by atoms with van der Waals surface area (Å²) in [5.41, 5.74) is 0.410. The van der Waals surface area contributed by atoms with Crippen molar-refractivity contribution in [2.45, 2.75) is 24.8 Å². The third-order valence-corrected chi connectivity index (χ3v) is 5.62. The van der Waals surface area contributed by atoms with Crippen LogP contribution in [0.1, 0.15) is 24.2 Å². The zero-order valence-electron chi connectivity index (χ0n) is 16.0. The summed E-state index contributed by atoms with van der Waals surface area (Å²) in [6.07, 6.45) is 1.43. The zero-order valence-corrected chi connectivity index (χ0v) is 16.8. The van der Waals surface area contributed by atoms with E-state index in [2.05, 4.69) is 35.4 Å². The molecule has 2 rings (SSSR count). The van der Waals surface area contributed by atoms with E-state index in [0.717, 1.165) is 19.6 Å². The van der Waals surface area contributed by atoms with Crippen LogP contribution in [0.15, 0.2) is 41.8 Å². The number of carbonyl (C=O) groups excluding carboxylic acids is 1. The fraction of sp³-hybridized carbons (Fsp3) is 0.526. The van der Waals surface area contributed by atoms with Crippen molar-refractivity contribution in [1.29, 1.82) is 0 Å². The predicted octanol–water partition coefficient (Wildman–Crippen LogP) is 1.24. The van der Waals surface area contributed by atoms with Crippen molar-refractivity contribution in [1.82, 2.24) is 14.9 Å². The highest BCUT2D eigenvalue weighted by molar-refractivity contribution is 7.89. The van der Waals surface area contributed by atoms with Gasteiger partial charge < -0.3 is 10.1 Å². The van der Waals surface area contributed by atoms with Gasteiger partial charge >= 0.3 is 0 Å². The fourth-order valence-corrected chi connectivity index (χ4v) is 3.93. The molecule has 0 saturated carbocycles. The monoisotopic (exact) mass is 395 g/mol. The first kappa shape index (κ1) is 21.6. The SMILES string of the molecule is C=CCNS(=O)(=O)c1ccc(C(=O)NC[C@@H]2CN(CC(C)C)CCO2)cc1. The number of carbonyl (C=O) groups is 1. The van der Waals surface area contributed by atoms with Gasteiger partial charge in [-0.05, 0) is 30.2 Å². The summed E-state index contributed by atoms with van der Waals surface area (Å²) < 4.78 is 32.2. The Kier molecular flexibility index (Phi) is 7.97. The molecular formula is C19H29N3O4S. The Hall–Kier alpha value is -1.74. The third kappa shape index (κ3) is 6.73. The molecule has 1 aliphatic heterocycles. The molecule has 0 radical (unpaired) electrons. The molecule has 8 heteroatoms. The number of ether oxygens (including phenoxy) is 1. The molecule has 1 fully saturated rings. The van der Waals surface area contributed by atoms with Gasteiger partial charge in [0.05, 0.1) is 17.6 Å². The highest BCUT2D eigenvalue weighted by Crippen LogP contribution is 2.11. The topological polar surface area (TPSA) is 87.7 Å². The van der Waals surface area contributed by atoms with Gasteiger partial charge in [-0.2, -0.15) is 0 Å². The van der Waals surface area contributed by atoms with Crippen LogP contribution >= 0.6 is 0 Å². The Balaban J connectivity index is 1.88. The quantitative estimate of drug-likeness (QED) is 0.614. The lowest BCUT2D eigenvalue weighted by Crippen LogP contribution is -2.48. The molecule has 1 atom stereocenters. The van der Waals surface area contributed by atoms with E-state index in [1.54, 1.807) is 0 Å². The van der Waals surface area contributed by atoms with Crippen LogP contribution in [0.5, 0.6) is 0 Å². The van der Waals surface area contributed by atoms with E-state index in [-0.39, 0.29) is 23.5 Å². The van der Waals surface area contributed by atoms with Gasteiger partial charge in [0, 0.05) is 38.3 Å². The number of hydrogen-bond acceptors (Lipinski definition) is 5. The summed E-state index contributed by atoms with van der Waals surface area (Å²) in [5, 5.41) is 2.87. The van der Waals surface area contributed by atoms with Crippen molar-refractivity contribution in [3.63, 3.8) is 0 Å². The fourth-order valence-electron chi connectivity index (χ4n) is 2.93. The van der Waals surface area contributed by atoms with Crippen molar-refractivity contribution >= 4 is 15.9 Å². The highest BCUT2D eigenvalue weighted by Gasteiger charge is 2.21. The molecule has 0 unspecified atom stereocenters. The molecule has 1 aliphatic rings. The Bertz CT molecular complexity index is 732. The molecule has 1 saturated heterocycles. The number of nitrogens with zero attached hydrogens (tertiary/aromatic N) is 1.